The summed E-state index contributed by atoms with van der Waals surface area (Å²) in [5.74, 6) is -0.922. The van der Waals surface area contributed by atoms with Gasteiger partial charge in [0.25, 0.3) is 0 Å². The second kappa shape index (κ2) is 65.8. The van der Waals surface area contributed by atoms with E-state index in [2.05, 4.69) is 167 Å². The number of allylic oxidation sites excluding steroid dienone is 24. The van der Waals surface area contributed by atoms with Crippen LogP contribution in [0.5, 0.6) is 0 Å². The molecule has 6 nitrogen and oxygen atoms in total. The molecule has 0 heterocycles. The highest BCUT2D eigenvalue weighted by atomic mass is 16.6. The molecule has 0 rings (SSSR count). The SMILES string of the molecule is CC/C=C\C/C=C\C/C=C\C/C=C\C/C=C\C/C=C\CCCCCCCCC(=O)OCC(COC(=O)CCCCCCCCCCCCC)OC(=O)CCCCCCCC/C=C\C/C=C\C/C=C\C/C=C\C/C=C\C/C=C\CC. The first-order valence-corrected chi connectivity index (χ1v) is 32.3. The zero-order chi connectivity index (χ0) is 57.1. The number of hydrogen-bond acceptors (Lipinski definition) is 6. The zero-order valence-electron chi connectivity index (χ0n) is 51.1. The molecule has 0 aliphatic rings. The van der Waals surface area contributed by atoms with E-state index in [1.165, 1.54) is 77.0 Å². The van der Waals surface area contributed by atoms with E-state index in [1.54, 1.807) is 0 Å². The van der Waals surface area contributed by atoms with Gasteiger partial charge in [0.1, 0.15) is 13.2 Å². The van der Waals surface area contributed by atoms with Crippen LogP contribution in [-0.4, -0.2) is 37.2 Å². The van der Waals surface area contributed by atoms with Crippen molar-refractivity contribution < 1.29 is 28.6 Å². The Balaban J connectivity index is 4.39. The molecule has 0 amide bonds. The molecule has 6 heteroatoms. The highest BCUT2D eigenvalue weighted by Gasteiger charge is 2.19. The summed E-state index contributed by atoms with van der Waals surface area (Å²) in [4.78, 5) is 38.3. The van der Waals surface area contributed by atoms with Gasteiger partial charge in [0.05, 0.1) is 0 Å². The first-order chi connectivity index (χ1) is 39.0. The second-order valence-electron chi connectivity index (χ2n) is 20.9. The van der Waals surface area contributed by atoms with Crippen molar-refractivity contribution in [1.82, 2.24) is 0 Å². The van der Waals surface area contributed by atoms with Crippen LogP contribution < -0.4 is 0 Å². The summed E-state index contributed by atoms with van der Waals surface area (Å²) in [7, 11) is 0. The maximum atomic E-state index is 12.9. The van der Waals surface area contributed by atoms with Gasteiger partial charge in [-0.15, -0.1) is 0 Å². The largest absolute Gasteiger partial charge is 0.462 e. The molecule has 79 heavy (non-hydrogen) atoms. The lowest BCUT2D eigenvalue weighted by atomic mass is 10.1. The standard InChI is InChI=1S/C73H118O6/c1-4-7-10-13-16-19-22-24-26-28-30-32-34-36-38-40-42-44-46-48-51-54-57-60-63-66-72(75)78-69-70(68-77-71(74)65-62-59-56-53-50-21-18-15-12-9-6-3)79-73(76)67-64-61-58-55-52-49-47-45-43-41-39-37-35-33-31-29-27-25-23-20-17-14-11-8-5-2/h7-8,10-11,16-17,19-20,24-27,30-33,36-39,42-45,70H,4-6,9,12-15,18,21-23,28-29,34-35,40-41,46-69H2,1-3H3/b10-7-,11-8-,19-16-,20-17-,26-24-,27-25-,32-30-,33-31-,38-36-,39-37-,44-42-,45-43-. The summed E-state index contributed by atoms with van der Waals surface area (Å²) in [6.45, 7) is 6.38. The first kappa shape index (κ1) is 74.3. The molecule has 0 aromatic rings. The number of esters is 3. The van der Waals surface area contributed by atoms with Crippen LogP contribution in [0.4, 0.5) is 0 Å². The quantitative estimate of drug-likeness (QED) is 0.0261. The summed E-state index contributed by atoms with van der Waals surface area (Å²) < 4.78 is 16.9. The Morgan fingerprint density at radius 2 is 0.494 bits per heavy atom. The first-order valence-electron chi connectivity index (χ1n) is 32.3. The molecule has 0 radical (unpaired) electrons. The van der Waals surface area contributed by atoms with Gasteiger partial charge in [-0.05, 0) is 122 Å². The molecule has 0 aliphatic heterocycles. The molecular formula is C73H118O6. The van der Waals surface area contributed by atoms with Gasteiger partial charge in [0.2, 0.25) is 0 Å². The molecule has 0 spiro atoms. The van der Waals surface area contributed by atoms with Crippen LogP contribution >= 0.6 is 0 Å². The van der Waals surface area contributed by atoms with Crippen molar-refractivity contribution >= 4 is 17.9 Å². The Hall–Kier alpha value is -4.71. The molecule has 0 bridgehead atoms. The predicted molar refractivity (Wildman–Crippen MR) is 343 cm³/mol. The van der Waals surface area contributed by atoms with Gasteiger partial charge in [0, 0.05) is 19.3 Å². The van der Waals surface area contributed by atoms with E-state index in [9.17, 15) is 14.4 Å². The van der Waals surface area contributed by atoms with Crippen LogP contribution in [0, 0.1) is 0 Å². The minimum Gasteiger partial charge on any atom is -0.462 e. The maximum absolute atomic E-state index is 12.9. The van der Waals surface area contributed by atoms with Crippen molar-refractivity contribution in [3.63, 3.8) is 0 Å². The Morgan fingerprint density at radius 3 is 0.772 bits per heavy atom. The topological polar surface area (TPSA) is 78.9 Å². The summed E-state index contributed by atoms with van der Waals surface area (Å²) in [5, 5.41) is 0. The van der Waals surface area contributed by atoms with E-state index < -0.39 is 6.10 Å². The van der Waals surface area contributed by atoms with E-state index in [0.29, 0.717) is 19.3 Å². The van der Waals surface area contributed by atoms with Gasteiger partial charge in [-0.2, -0.15) is 0 Å². The molecule has 0 saturated heterocycles. The summed E-state index contributed by atoms with van der Waals surface area (Å²) in [6, 6.07) is 0. The van der Waals surface area contributed by atoms with Crippen LogP contribution in [0.15, 0.2) is 146 Å². The van der Waals surface area contributed by atoms with E-state index in [0.717, 1.165) is 161 Å². The monoisotopic (exact) mass is 1090 g/mol. The molecule has 1 atom stereocenters. The molecular weight excluding hydrogens is 973 g/mol. The number of rotatable bonds is 57. The zero-order valence-corrected chi connectivity index (χ0v) is 51.1. The maximum Gasteiger partial charge on any atom is 0.306 e. The number of carbonyl (C=O) groups excluding carboxylic acids is 3. The molecule has 0 fully saturated rings. The van der Waals surface area contributed by atoms with Crippen molar-refractivity contribution in [2.45, 2.75) is 284 Å². The summed E-state index contributed by atoms with van der Waals surface area (Å²) >= 11 is 0. The van der Waals surface area contributed by atoms with E-state index in [1.807, 2.05) is 0 Å². The van der Waals surface area contributed by atoms with Crippen molar-refractivity contribution in [2.75, 3.05) is 13.2 Å². The van der Waals surface area contributed by atoms with Crippen LogP contribution in [-0.2, 0) is 28.6 Å². The molecule has 0 N–H and O–H groups in total. The fourth-order valence-corrected chi connectivity index (χ4v) is 8.57. The van der Waals surface area contributed by atoms with Crippen LogP contribution in [0.1, 0.15) is 278 Å². The number of hydrogen-bond donors (Lipinski definition) is 0. The Bertz CT molecular complexity index is 1730. The van der Waals surface area contributed by atoms with Gasteiger partial charge in [-0.1, -0.05) is 282 Å². The Labute approximate surface area is 487 Å². The average Bonchev–Trinajstić information content (AvgIpc) is 3.45. The van der Waals surface area contributed by atoms with Gasteiger partial charge in [0.15, 0.2) is 6.10 Å². The predicted octanol–water partition coefficient (Wildman–Crippen LogP) is 22.3. The molecule has 0 saturated carbocycles. The highest BCUT2D eigenvalue weighted by Crippen LogP contribution is 2.15. The van der Waals surface area contributed by atoms with Crippen LogP contribution in [0.3, 0.4) is 0 Å². The number of carbonyl (C=O) groups is 3. The van der Waals surface area contributed by atoms with Crippen molar-refractivity contribution in [2.24, 2.45) is 0 Å². The van der Waals surface area contributed by atoms with Crippen molar-refractivity contribution in [3.05, 3.63) is 146 Å². The van der Waals surface area contributed by atoms with Gasteiger partial charge >= 0.3 is 17.9 Å². The third-order valence-electron chi connectivity index (χ3n) is 13.3. The minimum absolute atomic E-state index is 0.0920. The summed E-state index contributed by atoms with van der Waals surface area (Å²) in [6.07, 6.45) is 94.2. The Kier molecular flexibility index (Phi) is 61.9. The fourth-order valence-electron chi connectivity index (χ4n) is 8.57. The van der Waals surface area contributed by atoms with E-state index in [-0.39, 0.29) is 31.1 Å². The Morgan fingerprint density at radius 1 is 0.266 bits per heavy atom. The smallest absolute Gasteiger partial charge is 0.306 e. The lowest BCUT2D eigenvalue weighted by molar-refractivity contribution is -0.167. The number of ether oxygens (including phenoxy) is 3. The van der Waals surface area contributed by atoms with Gasteiger partial charge < -0.3 is 14.2 Å². The minimum atomic E-state index is -0.798. The lowest BCUT2D eigenvalue weighted by Gasteiger charge is -2.18. The third kappa shape index (κ3) is 64.0. The van der Waals surface area contributed by atoms with E-state index in [4.69, 9.17) is 14.2 Å². The van der Waals surface area contributed by atoms with Crippen molar-refractivity contribution in [3.8, 4) is 0 Å². The fraction of sp³-hybridized carbons (Fsp3) is 0.630. The molecule has 0 aromatic heterocycles. The normalized spacial score (nSPS) is 13.1. The van der Waals surface area contributed by atoms with Gasteiger partial charge in [-0.3, -0.25) is 14.4 Å². The van der Waals surface area contributed by atoms with Gasteiger partial charge in [-0.25, -0.2) is 0 Å². The molecule has 1 unspecified atom stereocenters. The lowest BCUT2D eigenvalue weighted by Crippen LogP contribution is -2.30. The second-order valence-corrected chi connectivity index (χ2v) is 20.9. The van der Waals surface area contributed by atoms with Crippen LogP contribution in [0.2, 0.25) is 0 Å². The van der Waals surface area contributed by atoms with E-state index >= 15 is 0 Å². The third-order valence-corrected chi connectivity index (χ3v) is 13.3. The summed E-state index contributed by atoms with van der Waals surface area (Å²) in [5.41, 5.74) is 0. The number of unbranched alkanes of at least 4 members (excludes halogenated alkanes) is 22. The highest BCUT2D eigenvalue weighted by molar-refractivity contribution is 5.71. The average molecular weight is 1090 g/mol. The molecule has 446 valence electrons. The molecule has 0 aliphatic carbocycles. The van der Waals surface area contributed by atoms with Crippen LogP contribution in [0.25, 0.3) is 0 Å². The van der Waals surface area contributed by atoms with Crippen molar-refractivity contribution in [1.29, 1.82) is 0 Å². The molecule has 0 aromatic carbocycles.